The van der Waals surface area contributed by atoms with E-state index in [9.17, 15) is 14.9 Å². The summed E-state index contributed by atoms with van der Waals surface area (Å²) in [5.41, 5.74) is 0. The third kappa shape index (κ3) is 4.20. The fourth-order valence-corrected chi connectivity index (χ4v) is 0.334. The molecule has 0 aliphatic rings. The molecule has 0 unspecified atom stereocenters. The van der Waals surface area contributed by atoms with Gasteiger partial charge in [0.15, 0.2) is 11.4 Å². The average Bonchev–Trinajstić information content (AvgIpc) is 2.00. The maximum Gasteiger partial charge on any atom is 0.435 e. The number of rotatable bonds is 3. The predicted molar refractivity (Wildman–Crippen MR) is 40.3 cm³/mol. The van der Waals surface area contributed by atoms with E-state index in [0.717, 1.165) is 13.4 Å². The van der Waals surface area contributed by atoms with Crippen LogP contribution in [0.15, 0.2) is 4.99 Å². The highest BCUT2D eigenvalue weighted by atomic mass is 16.7. The lowest BCUT2D eigenvalue weighted by Gasteiger charge is -1.98. The van der Waals surface area contributed by atoms with Crippen molar-refractivity contribution in [3.63, 3.8) is 0 Å². The summed E-state index contributed by atoms with van der Waals surface area (Å²) >= 11 is 0. The van der Waals surface area contributed by atoms with Gasteiger partial charge in [-0.1, -0.05) is 5.01 Å². The molecule has 0 spiro atoms. The van der Waals surface area contributed by atoms with Crippen LogP contribution in [0.3, 0.4) is 0 Å². The zero-order chi connectivity index (χ0) is 9.56. The second-order valence-electron chi connectivity index (χ2n) is 1.75. The summed E-state index contributed by atoms with van der Waals surface area (Å²) in [4.78, 5) is 23.6. The van der Waals surface area contributed by atoms with E-state index in [0.29, 0.717) is 5.01 Å². The molecule has 0 aromatic rings. The van der Waals surface area contributed by atoms with Crippen molar-refractivity contribution < 1.29 is 14.6 Å². The topological polar surface area (TPSA) is 85.0 Å². The first-order valence-corrected chi connectivity index (χ1v) is 3.16. The van der Waals surface area contributed by atoms with Crippen molar-refractivity contribution in [2.45, 2.75) is 6.92 Å². The summed E-state index contributed by atoms with van der Waals surface area (Å²) in [6.45, 7) is 1.81. The Balaban J connectivity index is 3.89. The van der Waals surface area contributed by atoms with Crippen molar-refractivity contribution >= 4 is 12.4 Å². The number of aliphatic imine (C=N–C) groups is 1. The van der Waals surface area contributed by atoms with Crippen molar-refractivity contribution in [3.8, 4) is 0 Å². The van der Waals surface area contributed by atoms with Crippen LogP contribution < -0.4 is 0 Å². The molecular formula is C5H9N3O4. The number of nitrogens with zero attached hydrogens (tertiary/aromatic N) is 3. The van der Waals surface area contributed by atoms with Gasteiger partial charge in [0.25, 0.3) is 0 Å². The maximum atomic E-state index is 10.5. The normalized spacial score (nSPS) is 9.83. The molecule has 0 atom stereocenters. The summed E-state index contributed by atoms with van der Waals surface area (Å²) in [5.74, 6) is 0. The number of carbonyl (C=O) groups is 1. The number of hydrogen-bond acceptors (Lipinski definition) is 4. The Kier molecular flexibility index (Phi) is 4.35. The molecule has 0 fully saturated rings. The van der Waals surface area contributed by atoms with Crippen LogP contribution in [-0.2, 0) is 4.74 Å². The van der Waals surface area contributed by atoms with Crippen molar-refractivity contribution in [2.24, 2.45) is 4.99 Å². The molecule has 0 heterocycles. The molecule has 0 aliphatic carbocycles. The monoisotopic (exact) mass is 175 g/mol. The lowest BCUT2D eigenvalue weighted by molar-refractivity contribution is -0.620. The molecule has 0 rings (SSSR count). The Labute approximate surface area is 68.8 Å². The Morgan fingerprint density at radius 1 is 1.83 bits per heavy atom. The molecule has 0 aliphatic heterocycles. The molecule has 0 bridgehead atoms. The molecule has 0 saturated heterocycles. The van der Waals surface area contributed by atoms with Gasteiger partial charge in [-0.2, -0.15) is 4.99 Å². The van der Waals surface area contributed by atoms with Crippen LogP contribution in [0.25, 0.3) is 0 Å². The van der Waals surface area contributed by atoms with Gasteiger partial charge in [-0.05, 0) is 6.92 Å². The van der Waals surface area contributed by atoms with Crippen molar-refractivity contribution in [2.75, 3.05) is 13.7 Å². The summed E-state index contributed by atoms with van der Waals surface area (Å²) in [6, 6.07) is 0. The van der Waals surface area contributed by atoms with E-state index in [4.69, 9.17) is 0 Å². The van der Waals surface area contributed by atoms with E-state index in [1.165, 1.54) is 0 Å². The third-order valence-corrected chi connectivity index (χ3v) is 0.856. The Bertz CT molecular complexity index is 203. The van der Waals surface area contributed by atoms with Gasteiger partial charge in [0.2, 0.25) is 0 Å². The first-order chi connectivity index (χ1) is 5.57. The van der Waals surface area contributed by atoms with Crippen molar-refractivity contribution in [3.05, 3.63) is 10.1 Å². The van der Waals surface area contributed by atoms with E-state index in [1.807, 2.05) is 0 Å². The van der Waals surface area contributed by atoms with Crippen LogP contribution in [0.2, 0.25) is 0 Å². The number of ether oxygens (including phenoxy) is 1. The number of nitro groups is 1. The Morgan fingerprint density at radius 3 is 2.83 bits per heavy atom. The molecule has 68 valence electrons. The number of amides is 1. The minimum Gasteiger partial charge on any atom is -0.448 e. The molecule has 0 radical (unpaired) electrons. The van der Waals surface area contributed by atoms with E-state index < -0.39 is 11.1 Å². The minimum atomic E-state index is -0.841. The number of hydrazine groups is 1. The zero-order valence-corrected chi connectivity index (χ0v) is 6.76. The van der Waals surface area contributed by atoms with Gasteiger partial charge in [-0.15, -0.1) is 0 Å². The summed E-state index contributed by atoms with van der Waals surface area (Å²) < 4.78 is 4.39. The Morgan fingerprint density at radius 2 is 2.42 bits per heavy atom. The predicted octanol–water partition coefficient (Wildman–Crippen LogP) is 0.295. The van der Waals surface area contributed by atoms with Gasteiger partial charge in [0.05, 0.1) is 13.7 Å². The molecule has 0 saturated carbocycles. The highest BCUT2D eigenvalue weighted by Crippen LogP contribution is 1.83. The second-order valence-corrected chi connectivity index (χ2v) is 1.75. The fourth-order valence-electron chi connectivity index (χ4n) is 0.334. The van der Waals surface area contributed by atoms with Crippen LogP contribution in [0.4, 0.5) is 4.79 Å². The largest absolute Gasteiger partial charge is 0.448 e. The molecule has 7 nitrogen and oxygen atoms in total. The average molecular weight is 175 g/mol. The molecule has 0 aromatic carbocycles. The smallest absolute Gasteiger partial charge is 0.435 e. The molecule has 7 heteroatoms. The van der Waals surface area contributed by atoms with E-state index >= 15 is 0 Å². The van der Waals surface area contributed by atoms with Crippen LogP contribution in [0.5, 0.6) is 0 Å². The van der Waals surface area contributed by atoms with Crippen LogP contribution in [-0.4, -0.2) is 36.1 Å². The fraction of sp³-hybridized carbons (Fsp3) is 0.600. The summed E-state index contributed by atoms with van der Waals surface area (Å²) in [5, 5.41) is 9.79. The maximum absolute atomic E-state index is 10.5. The van der Waals surface area contributed by atoms with E-state index in [1.54, 1.807) is 6.92 Å². The minimum absolute atomic E-state index is 0.193. The highest BCUT2D eigenvalue weighted by molar-refractivity contribution is 5.77. The second kappa shape index (κ2) is 5.05. The molecule has 1 amide bonds. The van der Waals surface area contributed by atoms with E-state index in [-0.39, 0.29) is 6.61 Å². The first-order valence-electron chi connectivity index (χ1n) is 3.16. The van der Waals surface area contributed by atoms with Gasteiger partial charge in [0, 0.05) is 0 Å². The first kappa shape index (κ1) is 10.3. The van der Waals surface area contributed by atoms with Gasteiger partial charge in [-0.3, -0.25) is 0 Å². The van der Waals surface area contributed by atoms with Gasteiger partial charge in [-0.25, -0.2) is 14.9 Å². The van der Waals surface area contributed by atoms with Gasteiger partial charge >= 0.3 is 6.09 Å². The molecular weight excluding hydrogens is 166 g/mol. The van der Waals surface area contributed by atoms with Gasteiger partial charge < -0.3 is 4.74 Å². The number of carbonyl (C=O) groups excluding carboxylic acids is 1. The molecule has 12 heavy (non-hydrogen) atoms. The standard InChI is InChI=1S/C5H9N3O4/c1-3-12-5(9)6-4-7(2)8(10)11/h4H,3H2,1-2H3. The van der Waals surface area contributed by atoms with Crippen LogP contribution in [0, 0.1) is 10.1 Å². The lowest BCUT2D eigenvalue weighted by atomic mass is 10.9. The summed E-state index contributed by atoms with van der Waals surface area (Å²) in [7, 11) is 1.16. The number of hydrogen-bond donors (Lipinski definition) is 0. The van der Waals surface area contributed by atoms with Crippen LogP contribution >= 0.6 is 0 Å². The SMILES string of the molecule is CCOC(=O)N=CN(C)[N+](=O)[O-]. The van der Waals surface area contributed by atoms with Gasteiger partial charge in [0.1, 0.15) is 0 Å². The molecule has 0 aromatic heterocycles. The summed E-state index contributed by atoms with van der Waals surface area (Å²) in [6.07, 6.45) is -0.0657. The van der Waals surface area contributed by atoms with Crippen molar-refractivity contribution in [1.82, 2.24) is 5.01 Å². The quantitative estimate of drug-likeness (QED) is 0.266. The van der Waals surface area contributed by atoms with Crippen molar-refractivity contribution in [1.29, 1.82) is 0 Å². The zero-order valence-electron chi connectivity index (χ0n) is 6.76. The Hall–Kier alpha value is -1.66. The van der Waals surface area contributed by atoms with Crippen LogP contribution in [0.1, 0.15) is 6.92 Å². The third-order valence-electron chi connectivity index (χ3n) is 0.856. The molecule has 0 N–H and O–H groups in total. The highest BCUT2D eigenvalue weighted by Gasteiger charge is 2.03. The van der Waals surface area contributed by atoms with E-state index in [2.05, 4.69) is 9.73 Å². The lowest BCUT2D eigenvalue weighted by Crippen LogP contribution is -2.23.